The lowest BCUT2D eigenvalue weighted by molar-refractivity contribution is -0.325. The summed E-state index contributed by atoms with van der Waals surface area (Å²) in [6.45, 7) is 11.1. The van der Waals surface area contributed by atoms with E-state index in [4.69, 9.17) is 22.0 Å². The summed E-state index contributed by atoms with van der Waals surface area (Å²) in [4.78, 5) is 86.1. The number of nitrogens with zero attached hydrogens (tertiary/aromatic N) is 6. The fourth-order valence-electron chi connectivity index (χ4n) is 9.81. The van der Waals surface area contributed by atoms with E-state index in [0.29, 0.717) is 78.9 Å². The molecule has 0 atom stereocenters. The van der Waals surface area contributed by atoms with E-state index in [1.807, 2.05) is 118 Å². The number of benzene rings is 7. The van der Waals surface area contributed by atoms with Crippen LogP contribution in [-0.4, -0.2) is 84.8 Å². The number of carbonyl (C=O) groups excluding carboxylic acids is 7. The summed E-state index contributed by atoms with van der Waals surface area (Å²) in [5, 5.41) is 35.1. The molecule has 3 saturated carbocycles. The smallest absolute Gasteiger partial charge is 0.251 e. The molecule has 20 nitrogen and oxygen atoms in total. The lowest BCUT2D eigenvalue weighted by atomic mass is 10.0. The lowest BCUT2D eigenvalue weighted by Gasteiger charge is -2.11. The Bertz CT molecular complexity index is 4310. The maximum absolute atomic E-state index is 12.9. The Kier molecular flexibility index (Phi) is 29.5. The molecule has 0 spiro atoms. The first kappa shape index (κ1) is 79.2. The van der Waals surface area contributed by atoms with Crippen LogP contribution in [0.3, 0.4) is 0 Å². The second kappa shape index (κ2) is 37.3. The maximum atomic E-state index is 12.9. The molecule has 100 heavy (non-hydrogen) atoms. The Balaban J connectivity index is 0.000000234. The summed E-state index contributed by atoms with van der Waals surface area (Å²) in [6.07, 6.45) is 8.15. The fourth-order valence-corrected chi connectivity index (χ4v) is 10.2. The van der Waals surface area contributed by atoms with Crippen LogP contribution in [0.5, 0.6) is 0 Å². The summed E-state index contributed by atoms with van der Waals surface area (Å²) >= 11 is 1.42. The van der Waals surface area contributed by atoms with Crippen LogP contribution in [0.1, 0.15) is 186 Å². The molecule has 2 heterocycles. The van der Waals surface area contributed by atoms with Crippen molar-refractivity contribution in [1.82, 2.24) is 35.5 Å². The molecular formula is C79H90N13O7S+. The molecule has 0 bridgehead atoms. The van der Waals surface area contributed by atoms with Gasteiger partial charge in [0.15, 0.2) is 17.3 Å². The number of hydrogen-bond acceptors (Lipinski definition) is 15. The quantitative estimate of drug-likeness (QED) is 0.0182. The minimum Gasteiger partial charge on any atom is -0.383 e. The molecule has 0 saturated heterocycles. The average Bonchev–Trinajstić information content (AvgIpc) is 1.63. The first-order chi connectivity index (χ1) is 46.7. The first-order valence-corrected chi connectivity index (χ1v) is 32.8. The Hall–Kier alpha value is -11.5. The zero-order chi connectivity index (χ0) is 69.9. The SMILES string of the molecule is C.C.C.CS/C(C)=C(\C#N)C(=O)c1ccccc1.Cc1ccc(C(=O)NC2CC2)cc1-n1nc(C)c(C(=O)c2ccccc2)c1N.Cc1ccc(C(=O)NC2CC2)cc1-n1nc(C)c(C(=O)c2ccccc2)c1N.Cc1ccc(C(=O)NC2CC2)cc1N[NH3+].N#CCC(=O)c1ccccc1. The molecule has 7 aromatic carbocycles. The highest BCUT2D eigenvalue weighted by atomic mass is 32.2. The molecule has 2 aromatic heterocycles. The predicted octanol–water partition coefficient (Wildman–Crippen LogP) is 13.6. The molecule has 3 amide bonds. The van der Waals surface area contributed by atoms with Crippen LogP contribution in [0.2, 0.25) is 0 Å². The highest BCUT2D eigenvalue weighted by Gasteiger charge is 2.29. The van der Waals surface area contributed by atoms with Gasteiger partial charge in [0.1, 0.15) is 23.3 Å². The van der Waals surface area contributed by atoms with E-state index in [0.717, 1.165) is 65.8 Å². The van der Waals surface area contributed by atoms with E-state index in [1.165, 1.54) is 11.8 Å². The molecule has 21 heteroatoms. The standard InChI is InChI=1S/2C22H22N4O2.C12H11NOS.C11H15N3O.C9H7NO.3CH4/c2*1-13-8-9-16(22(28)24-17-10-11-17)12-18(13)26-21(23)19(14(2)25-26)20(27)15-6-4-3-5-7-15;1-9(15-2)11(8-13)12(14)10-6-4-3-5-7-10;1-7-2-3-8(6-10(7)14-12)11(15)13-9-4-5-9;10-7-6-9(11)8-4-2-1-3-5-8;;;/h2*3-9,12,17H,10-11,23H2,1-2H3,(H,24,28);3-7H,1-2H3;2-3,6,9,14H,4-5,12H2,1H3,(H,13,15);1-5H,6H2;3*1H4/p+1/b;;11-9+;;;;;. The van der Waals surface area contributed by atoms with E-state index in [9.17, 15) is 33.6 Å². The molecule has 12 rings (SSSR count). The number of aromatic nitrogens is 4. The fraction of sp³-hybridized carbons (Fsp3) is 0.253. The van der Waals surface area contributed by atoms with Crippen molar-refractivity contribution in [3.8, 4) is 23.5 Å². The van der Waals surface area contributed by atoms with Crippen LogP contribution in [0.4, 0.5) is 17.3 Å². The normalized spacial score (nSPS) is 12.4. The third-order valence-corrected chi connectivity index (χ3v) is 16.7. The molecule has 518 valence electrons. The van der Waals surface area contributed by atoms with Crippen molar-refractivity contribution in [2.24, 2.45) is 0 Å². The topological polar surface area (TPSA) is 331 Å². The number of thioether (sulfide) groups is 1. The number of nitrogens with two attached hydrogens (primary N) is 2. The van der Waals surface area contributed by atoms with Crippen molar-refractivity contribution in [3.63, 3.8) is 0 Å². The van der Waals surface area contributed by atoms with Gasteiger partial charge in [-0.25, -0.2) is 14.8 Å². The number of amides is 3. The summed E-state index contributed by atoms with van der Waals surface area (Å²) in [5.74, 6) is 3.30. The van der Waals surface area contributed by atoms with E-state index in [-0.39, 0.29) is 98.8 Å². The Morgan fingerprint density at radius 1 is 0.500 bits per heavy atom. The van der Waals surface area contributed by atoms with E-state index in [1.54, 1.807) is 127 Å². The van der Waals surface area contributed by atoms with Gasteiger partial charge in [0.25, 0.3) is 17.7 Å². The summed E-state index contributed by atoms with van der Waals surface area (Å²) in [7, 11) is 0. The van der Waals surface area contributed by atoms with Gasteiger partial charge in [-0.3, -0.25) is 39.4 Å². The summed E-state index contributed by atoms with van der Waals surface area (Å²) < 4.78 is 3.10. The Morgan fingerprint density at radius 3 is 1.17 bits per heavy atom. The first-order valence-electron chi connectivity index (χ1n) is 31.5. The van der Waals surface area contributed by atoms with Crippen LogP contribution in [0.15, 0.2) is 186 Å². The zero-order valence-electron chi connectivity index (χ0n) is 55.2. The molecule has 0 aliphatic heterocycles. The van der Waals surface area contributed by atoms with Crippen LogP contribution < -0.4 is 38.7 Å². The zero-order valence-corrected chi connectivity index (χ0v) is 56.1. The van der Waals surface area contributed by atoms with E-state index < -0.39 is 0 Å². The van der Waals surface area contributed by atoms with Crippen molar-refractivity contribution in [2.45, 2.75) is 127 Å². The molecule has 0 radical (unpaired) electrons. The maximum Gasteiger partial charge on any atom is 0.251 e. The van der Waals surface area contributed by atoms with Gasteiger partial charge < -0.3 is 27.4 Å². The number of Topliss-reactive ketones (excluding diaryl/α,β-unsaturated/α-hetero) is 2. The molecule has 3 aliphatic carbocycles. The van der Waals surface area contributed by atoms with Crippen LogP contribution in [0.25, 0.3) is 11.4 Å². The minimum atomic E-state index is -0.204. The summed E-state index contributed by atoms with van der Waals surface area (Å²) in [6, 6.07) is 56.9. The van der Waals surface area contributed by atoms with Gasteiger partial charge in [0, 0.05) is 62.0 Å². The van der Waals surface area contributed by atoms with Crippen molar-refractivity contribution in [2.75, 3.05) is 23.1 Å². The largest absolute Gasteiger partial charge is 0.383 e. The lowest BCUT2D eigenvalue weighted by Crippen LogP contribution is -2.56. The Labute approximate surface area is 590 Å². The Morgan fingerprint density at radius 2 is 0.840 bits per heavy atom. The summed E-state index contributed by atoms with van der Waals surface area (Å²) in [5.41, 5.74) is 26.9. The average molecular weight is 1370 g/mol. The van der Waals surface area contributed by atoms with Gasteiger partial charge >= 0.3 is 0 Å². The third-order valence-electron chi connectivity index (χ3n) is 15.9. The number of hydrogen-bond donors (Lipinski definition) is 7. The second-order valence-electron chi connectivity index (χ2n) is 23.4. The third kappa shape index (κ3) is 21.0. The van der Waals surface area contributed by atoms with E-state index in [2.05, 4.69) is 37.4 Å². The van der Waals surface area contributed by atoms with Crippen molar-refractivity contribution >= 4 is 69.9 Å². The number of aryl methyl sites for hydroxylation is 5. The highest BCUT2D eigenvalue weighted by molar-refractivity contribution is 8.02. The molecule has 9 aromatic rings. The van der Waals surface area contributed by atoms with E-state index >= 15 is 0 Å². The van der Waals surface area contributed by atoms with Crippen molar-refractivity contribution in [1.29, 1.82) is 10.5 Å². The van der Waals surface area contributed by atoms with Crippen LogP contribution in [0, 0.1) is 57.3 Å². The number of nitrogen functional groups attached to an aromatic ring is 2. The molecule has 0 unspecified atom stereocenters. The number of quaternary nitrogens is 1. The molecule has 11 N–H and O–H groups in total. The number of allylic oxidation sites excluding steroid dienone is 2. The second-order valence-corrected chi connectivity index (χ2v) is 24.4. The number of rotatable bonds is 18. The number of nitrogens with one attached hydrogen (secondary N) is 4. The number of anilines is 3. The van der Waals surface area contributed by atoms with Gasteiger partial charge in [-0.15, -0.1) is 11.8 Å². The van der Waals surface area contributed by atoms with Crippen molar-refractivity contribution < 1.29 is 39.4 Å². The number of carbonyl (C=O) groups is 7. The van der Waals surface area contributed by atoms with Gasteiger partial charge in [-0.05, 0) is 139 Å². The van der Waals surface area contributed by atoms with Gasteiger partial charge in [0.05, 0.1) is 52.1 Å². The number of nitriles is 2. The van der Waals surface area contributed by atoms with Gasteiger partial charge in [0.2, 0.25) is 5.78 Å². The molecular weight excluding hydrogens is 1280 g/mol. The highest BCUT2D eigenvalue weighted by Crippen LogP contribution is 2.30. The monoisotopic (exact) mass is 1360 g/mol. The van der Waals surface area contributed by atoms with Crippen LogP contribution in [-0.2, 0) is 0 Å². The predicted molar refractivity (Wildman–Crippen MR) is 398 cm³/mol. The van der Waals surface area contributed by atoms with Crippen LogP contribution >= 0.6 is 11.8 Å². The van der Waals surface area contributed by atoms with Gasteiger partial charge in [-0.1, -0.05) is 162 Å². The molecule has 3 aliphatic rings. The minimum absolute atomic E-state index is 0. The van der Waals surface area contributed by atoms with Gasteiger partial charge in [-0.2, -0.15) is 20.7 Å². The number of ketones is 4. The molecule has 3 fully saturated rings. The van der Waals surface area contributed by atoms with Crippen molar-refractivity contribution in [3.05, 3.63) is 265 Å².